The highest BCUT2D eigenvalue weighted by molar-refractivity contribution is 7.80. The molecule has 0 spiro atoms. The van der Waals surface area contributed by atoms with Crippen LogP contribution in [0.1, 0.15) is 35.2 Å². The molecule has 0 radical (unpaired) electrons. The molecule has 0 unspecified atom stereocenters. The van der Waals surface area contributed by atoms with Gasteiger partial charge in [-0.1, -0.05) is 11.6 Å². The van der Waals surface area contributed by atoms with Crippen molar-refractivity contribution in [2.75, 3.05) is 23.3 Å². The zero-order valence-corrected chi connectivity index (χ0v) is 18.1. The summed E-state index contributed by atoms with van der Waals surface area (Å²) in [5.74, 6) is -0.793. The summed E-state index contributed by atoms with van der Waals surface area (Å²) >= 11 is 10.6. The third kappa shape index (κ3) is 5.65. The van der Waals surface area contributed by atoms with E-state index in [0.717, 1.165) is 37.5 Å². The number of anilines is 2. The normalized spacial score (nSPS) is 14.1. The number of halogens is 4. The number of nitrogens with one attached hydrogen (secondary N) is 2. The van der Waals surface area contributed by atoms with E-state index in [1.807, 2.05) is 4.90 Å². The molecule has 2 aromatic rings. The van der Waals surface area contributed by atoms with Gasteiger partial charge in [0.15, 0.2) is 5.11 Å². The van der Waals surface area contributed by atoms with Crippen LogP contribution in [0, 0.1) is 10.1 Å². The Morgan fingerprint density at radius 2 is 1.81 bits per heavy atom. The second-order valence-corrected chi connectivity index (χ2v) is 7.95. The van der Waals surface area contributed by atoms with E-state index in [1.54, 1.807) is 0 Å². The average molecular weight is 487 g/mol. The van der Waals surface area contributed by atoms with E-state index in [0.29, 0.717) is 18.8 Å². The summed E-state index contributed by atoms with van der Waals surface area (Å²) in [6.45, 7) is 1.37. The van der Waals surface area contributed by atoms with Crippen LogP contribution in [0.15, 0.2) is 36.4 Å². The molecule has 1 heterocycles. The highest BCUT2D eigenvalue weighted by Crippen LogP contribution is 2.36. The number of amides is 1. The highest BCUT2D eigenvalue weighted by Gasteiger charge is 2.34. The number of rotatable bonds is 4. The molecule has 2 N–H and O–H groups in total. The minimum absolute atomic E-state index is 0.0474. The number of nitro groups is 1. The minimum Gasteiger partial charge on any atom is -0.366 e. The van der Waals surface area contributed by atoms with Gasteiger partial charge in [-0.05, 0) is 61.8 Å². The van der Waals surface area contributed by atoms with Gasteiger partial charge in [-0.25, -0.2) is 0 Å². The molecular weight excluding hydrogens is 469 g/mol. The number of piperidine rings is 1. The Kier molecular flexibility index (Phi) is 7.19. The van der Waals surface area contributed by atoms with Gasteiger partial charge < -0.3 is 10.2 Å². The lowest BCUT2D eigenvalue weighted by Crippen LogP contribution is -2.35. The first-order chi connectivity index (χ1) is 15.1. The minimum atomic E-state index is -4.70. The van der Waals surface area contributed by atoms with Crippen molar-refractivity contribution in [3.05, 3.63) is 62.7 Å². The first-order valence-corrected chi connectivity index (χ1v) is 10.4. The summed E-state index contributed by atoms with van der Waals surface area (Å²) in [5, 5.41) is 15.6. The van der Waals surface area contributed by atoms with Crippen LogP contribution < -0.4 is 15.5 Å². The summed E-state index contributed by atoms with van der Waals surface area (Å²) in [6.07, 6.45) is -1.80. The monoisotopic (exact) mass is 486 g/mol. The van der Waals surface area contributed by atoms with E-state index in [9.17, 15) is 28.1 Å². The van der Waals surface area contributed by atoms with Crippen molar-refractivity contribution in [3.63, 3.8) is 0 Å². The first kappa shape index (κ1) is 23.7. The molecule has 3 rings (SSSR count). The zero-order valence-electron chi connectivity index (χ0n) is 16.5. The van der Waals surface area contributed by atoms with Gasteiger partial charge in [0.2, 0.25) is 0 Å². The van der Waals surface area contributed by atoms with Crippen LogP contribution in [0.5, 0.6) is 0 Å². The Morgan fingerprint density at radius 3 is 2.44 bits per heavy atom. The molecule has 1 aliphatic rings. The fourth-order valence-corrected chi connectivity index (χ4v) is 3.78. The number of nitrogens with zero attached hydrogens (tertiary/aromatic N) is 2. The fraction of sp³-hybridized carbons (Fsp3) is 0.300. The number of benzene rings is 2. The molecule has 7 nitrogen and oxygen atoms in total. The maximum atomic E-state index is 13.2. The third-order valence-electron chi connectivity index (χ3n) is 4.89. The molecule has 1 fully saturated rings. The maximum Gasteiger partial charge on any atom is 0.418 e. The van der Waals surface area contributed by atoms with E-state index >= 15 is 0 Å². The van der Waals surface area contributed by atoms with Gasteiger partial charge in [0, 0.05) is 29.7 Å². The first-order valence-electron chi connectivity index (χ1n) is 9.59. The molecule has 0 aromatic heterocycles. The van der Waals surface area contributed by atoms with Crippen LogP contribution in [0.3, 0.4) is 0 Å². The van der Waals surface area contributed by atoms with Crippen molar-refractivity contribution in [2.24, 2.45) is 0 Å². The van der Waals surface area contributed by atoms with Crippen molar-refractivity contribution in [1.29, 1.82) is 0 Å². The lowest BCUT2D eigenvalue weighted by atomic mass is 10.1. The predicted octanol–water partition coefficient (Wildman–Crippen LogP) is 5.38. The maximum absolute atomic E-state index is 13.2. The zero-order chi connectivity index (χ0) is 23.5. The van der Waals surface area contributed by atoms with Crippen molar-refractivity contribution in [3.8, 4) is 0 Å². The Morgan fingerprint density at radius 1 is 1.12 bits per heavy atom. The molecule has 32 heavy (non-hydrogen) atoms. The van der Waals surface area contributed by atoms with E-state index < -0.39 is 33.4 Å². The van der Waals surface area contributed by atoms with Gasteiger partial charge in [-0.2, -0.15) is 13.2 Å². The Balaban J connectivity index is 1.77. The summed E-state index contributed by atoms with van der Waals surface area (Å²) in [4.78, 5) is 25.4. The van der Waals surface area contributed by atoms with Crippen molar-refractivity contribution >= 4 is 51.9 Å². The number of alkyl halides is 3. The van der Waals surface area contributed by atoms with Gasteiger partial charge in [-0.3, -0.25) is 20.2 Å². The van der Waals surface area contributed by atoms with Crippen LogP contribution >= 0.6 is 23.8 Å². The molecule has 0 atom stereocenters. The summed E-state index contributed by atoms with van der Waals surface area (Å²) in [6, 6.07) is 7.10. The fourth-order valence-electron chi connectivity index (χ4n) is 3.40. The molecule has 2 aromatic carbocycles. The average Bonchev–Trinajstić information content (AvgIpc) is 2.74. The SMILES string of the molecule is O=C(NC(=S)Nc1ccc(Cl)cc1C(F)(F)F)c1ccc(N2CCCCC2)c([N+](=O)[O-])c1. The third-order valence-corrected chi connectivity index (χ3v) is 5.33. The second-order valence-electron chi connectivity index (χ2n) is 7.10. The molecule has 1 aliphatic heterocycles. The molecule has 0 aliphatic carbocycles. The Labute approximate surface area is 191 Å². The van der Waals surface area contributed by atoms with Gasteiger partial charge in [0.05, 0.1) is 16.2 Å². The molecule has 1 amide bonds. The number of carbonyl (C=O) groups excluding carboxylic acids is 1. The molecule has 0 saturated carbocycles. The summed E-state index contributed by atoms with van der Waals surface area (Å²) < 4.78 is 39.7. The topological polar surface area (TPSA) is 87.5 Å². The van der Waals surface area contributed by atoms with E-state index in [1.165, 1.54) is 18.2 Å². The van der Waals surface area contributed by atoms with E-state index in [2.05, 4.69) is 10.6 Å². The Hall–Kier alpha value is -2.92. The quantitative estimate of drug-likeness (QED) is 0.342. The van der Waals surface area contributed by atoms with Crippen LogP contribution in [0.2, 0.25) is 5.02 Å². The van der Waals surface area contributed by atoms with Crippen LogP contribution in [-0.2, 0) is 6.18 Å². The van der Waals surface area contributed by atoms with E-state index in [4.69, 9.17) is 23.8 Å². The standard InChI is InChI=1S/C20H18ClF3N4O3S/c21-13-5-6-15(14(11-13)20(22,23)24)25-19(32)26-18(29)12-4-7-16(17(10-12)28(30)31)27-8-2-1-3-9-27/h4-7,10-11H,1-3,8-9H2,(H2,25,26,29,32). The van der Waals surface area contributed by atoms with Gasteiger partial charge in [0.1, 0.15) is 5.69 Å². The second kappa shape index (κ2) is 9.70. The van der Waals surface area contributed by atoms with Crippen molar-refractivity contribution in [1.82, 2.24) is 5.32 Å². The molecule has 1 saturated heterocycles. The van der Waals surface area contributed by atoms with Gasteiger partial charge in [0.25, 0.3) is 11.6 Å². The lowest BCUT2D eigenvalue weighted by Gasteiger charge is -2.28. The number of hydrogen-bond acceptors (Lipinski definition) is 5. The molecular formula is C20H18ClF3N4O3S. The molecule has 170 valence electrons. The number of carbonyl (C=O) groups is 1. The van der Waals surface area contributed by atoms with E-state index in [-0.39, 0.29) is 16.3 Å². The van der Waals surface area contributed by atoms with Crippen LogP contribution in [0.4, 0.5) is 30.2 Å². The highest BCUT2D eigenvalue weighted by atomic mass is 35.5. The molecule has 0 bridgehead atoms. The number of hydrogen-bond donors (Lipinski definition) is 2. The lowest BCUT2D eigenvalue weighted by molar-refractivity contribution is -0.384. The van der Waals surface area contributed by atoms with Crippen LogP contribution in [-0.4, -0.2) is 29.0 Å². The van der Waals surface area contributed by atoms with Crippen LogP contribution in [0.25, 0.3) is 0 Å². The number of nitro benzene ring substituents is 1. The molecule has 12 heteroatoms. The smallest absolute Gasteiger partial charge is 0.366 e. The van der Waals surface area contributed by atoms with Gasteiger partial charge in [-0.15, -0.1) is 0 Å². The predicted molar refractivity (Wildman–Crippen MR) is 119 cm³/mol. The summed E-state index contributed by atoms with van der Waals surface area (Å²) in [7, 11) is 0. The largest absolute Gasteiger partial charge is 0.418 e. The van der Waals surface area contributed by atoms with Crippen molar-refractivity contribution in [2.45, 2.75) is 25.4 Å². The van der Waals surface area contributed by atoms with Crippen molar-refractivity contribution < 1.29 is 22.9 Å². The Bertz CT molecular complexity index is 1060. The summed E-state index contributed by atoms with van der Waals surface area (Å²) in [5.41, 5.74) is -1.30. The van der Waals surface area contributed by atoms with Gasteiger partial charge >= 0.3 is 6.18 Å². The number of thiocarbonyl (C=S) groups is 1.